The Hall–Kier alpha value is -3.63. The number of aliphatic hydroxyl groups is 1. The van der Waals surface area contributed by atoms with Crippen LogP contribution in [0.5, 0.6) is 0 Å². The van der Waals surface area contributed by atoms with Crippen molar-refractivity contribution in [1.29, 1.82) is 0 Å². The number of nitrogens with zero attached hydrogens (tertiary/aromatic N) is 4. The number of carboxylic acid groups (broad SMARTS) is 1. The van der Waals surface area contributed by atoms with Crippen molar-refractivity contribution in [3.8, 4) is 0 Å². The molecule has 2 aromatic heterocycles. The Balaban J connectivity index is 0.00000400. The molecule has 45 heavy (non-hydrogen) atoms. The Morgan fingerprint density at radius 1 is 1.02 bits per heavy atom. The SMILES string of the molecule is [CH-]=Cc1c2[n-]c(c1C)/C=C1\[N-][C@@H](C3=c4[n-]c(c(C)c4=C(O)[C@@H]3C(=O)OC)/C=C3\[N-]/C(=C\2)[C@H](C)C3[CH-]C)[C@@H](CCC(=O)O)[C@@H]1C.[Mg+2]. The summed E-state index contributed by atoms with van der Waals surface area (Å²) in [4.78, 5) is 34.9. The number of methoxy groups -OCH3 is 1. The number of carbonyl (C=O) groups excluding carboxylic acids is 1. The minimum Gasteiger partial charge on any atom is -0.681 e. The number of aromatic nitrogens is 2. The molecule has 0 saturated carbocycles. The Bertz CT molecular complexity index is 1810. The van der Waals surface area contributed by atoms with Crippen molar-refractivity contribution in [2.24, 2.45) is 29.6 Å². The molecular formula is C35H36MgN4O5-4. The molecule has 2 saturated heterocycles. The minimum absolute atomic E-state index is 0. The molecule has 0 amide bonds. The molecular weight excluding hydrogens is 581 g/mol. The molecule has 0 radical (unpaired) electrons. The van der Waals surface area contributed by atoms with Gasteiger partial charge in [-0.05, 0) is 25.2 Å². The fraction of sp³-hybridized carbons (Fsp3) is 0.400. The van der Waals surface area contributed by atoms with E-state index in [1.165, 1.54) is 7.11 Å². The largest absolute Gasteiger partial charge is 2.00 e. The van der Waals surface area contributed by atoms with Crippen molar-refractivity contribution < 1.29 is 24.5 Å². The van der Waals surface area contributed by atoms with Crippen LogP contribution >= 0.6 is 0 Å². The third-order valence-electron chi connectivity index (χ3n) is 9.88. The number of allylic oxidation sites excluding steroid dienone is 3. The molecule has 2 aromatic rings. The molecule has 0 spiro atoms. The number of hydrogen-bond acceptors (Lipinski definition) is 4. The van der Waals surface area contributed by atoms with Crippen LogP contribution in [0.2, 0.25) is 0 Å². The van der Waals surface area contributed by atoms with E-state index in [0.29, 0.717) is 33.9 Å². The fourth-order valence-corrected chi connectivity index (χ4v) is 7.36. The smallest absolute Gasteiger partial charge is 0.681 e. The molecule has 0 aromatic carbocycles. The van der Waals surface area contributed by atoms with Crippen molar-refractivity contribution in [3.05, 3.63) is 85.1 Å². The molecule has 5 heterocycles. The van der Waals surface area contributed by atoms with Gasteiger partial charge < -0.3 is 42.0 Å². The molecule has 6 atom stereocenters. The van der Waals surface area contributed by atoms with Crippen molar-refractivity contribution >= 4 is 70.6 Å². The molecule has 9 nitrogen and oxygen atoms in total. The van der Waals surface area contributed by atoms with Crippen LogP contribution < -0.4 is 20.5 Å². The number of carboxylic acids is 1. The van der Waals surface area contributed by atoms with Gasteiger partial charge in [0, 0.05) is 11.6 Å². The average Bonchev–Trinajstić information content (AvgIpc) is 3.72. The Labute approximate surface area is 279 Å². The van der Waals surface area contributed by atoms with Crippen LogP contribution in [0.3, 0.4) is 0 Å². The molecule has 8 bridgehead atoms. The number of carbonyl (C=O) groups is 2. The first-order chi connectivity index (χ1) is 21.0. The van der Waals surface area contributed by atoms with Crippen molar-refractivity contribution in [1.82, 2.24) is 9.97 Å². The second kappa shape index (κ2) is 12.3. The van der Waals surface area contributed by atoms with E-state index in [-0.39, 0.29) is 58.9 Å². The zero-order valence-electron chi connectivity index (χ0n) is 26.5. The molecule has 2 fully saturated rings. The summed E-state index contributed by atoms with van der Waals surface area (Å²) in [7, 11) is 1.29. The summed E-state index contributed by atoms with van der Waals surface area (Å²) in [5.41, 5.74) is 7.51. The summed E-state index contributed by atoms with van der Waals surface area (Å²) in [6.07, 6.45) is 9.82. The van der Waals surface area contributed by atoms with E-state index in [2.05, 4.69) is 13.3 Å². The van der Waals surface area contributed by atoms with Gasteiger partial charge in [0.25, 0.3) is 0 Å². The van der Waals surface area contributed by atoms with E-state index in [1.54, 1.807) is 6.08 Å². The molecule has 4 aliphatic rings. The second-order valence-corrected chi connectivity index (χ2v) is 12.2. The molecule has 2 N–H and O–H groups in total. The maximum absolute atomic E-state index is 13.2. The van der Waals surface area contributed by atoms with Gasteiger partial charge in [0.2, 0.25) is 0 Å². The topological polar surface area (TPSA) is 140 Å². The minimum atomic E-state index is -1.09. The maximum atomic E-state index is 13.2. The van der Waals surface area contributed by atoms with Gasteiger partial charge in [0.05, 0.1) is 7.11 Å². The summed E-state index contributed by atoms with van der Waals surface area (Å²) < 4.78 is 5.16. The number of aliphatic carboxylic acids is 1. The molecule has 6 rings (SSSR count). The fourth-order valence-electron chi connectivity index (χ4n) is 7.36. The number of ether oxygens (including phenoxy) is 1. The first-order valence-corrected chi connectivity index (χ1v) is 15.0. The average molecular weight is 617 g/mol. The van der Waals surface area contributed by atoms with Gasteiger partial charge in [-0.25, -0.2) is 11.8 Å². The zero-order chi connectivity index (χ0) is 31.6. The van der Waals surface area contributed by atoms with Gasteiger partial charge in [-0.2, -0.15) is 41.2 Å². The molecule has 1 aliphatic carbocycles. The van der Waals surface area contributed by atoms with Gasteiger partial charge in [-0.3, -0.25) is 16.2 Å². The van der Waals surface area contributed by atoms with Crippen LogP contribution in [-0.2, 0) is 14.3 Å². The molecule has 232 valence electrons. The predicted molar refractivity (Wildman–Crippen MR) is 174 cm³/mol. The third-order valence-corrected chi connectivity index (χ3v) is 9.88. The van der Waals surface area contributed by atoms with Crippen LogP contribution in [0.25, 0.3) is 46.3 Å². The normalized spacial score (nSPS) is 29.8. The van der Waals surface area contributed by atoms with Crippen molar-refractivity contribution in [2.75, 3.05) is 7.11 Å². The van der Waals surface area contributed by atoms with E-state index in [4.69, 9.17) is 31.9 Å². The zero-order valence-corrected chi connectivity index (χ0v) is 27.9. The first-order valence-electron chi connectivity index (χ1n) is 15.0. The quantitative estimate of drug-likeness (QED) is 0.279. The second-order valence-electron chi connectivity index (χ2n) is 12.2. The van der Waals surface area contributed by atoms with E-state index in [0.717, 1.165) is 39.5 Å². The van der Waals surface area contributed by atoms with Crippen LogP contribution in [0.4, 0.5) is 0 Å². The number of aliphatic hydroxyl groups excluding tert-OH is 1. The van der Waals surface area contributed by atoms with Crippen LogP contribution in [-0.4, -0.2) is 58.4 Å². The van der Waals surface area contributed by atoms with Crippen molar-refractivity contribution in [3.63, 3.8) is 0 Å². The van der Waals surface area contributed by atoms with Crippen LogP contribution in [0.1, 0.15) is 67.4 Å². The molecule has 1 unspecified atom stereocenters. The number of rotatable bonds is 6. The van der Waals surface area contributed by atoms with E-state index in [1.807, 2.05) is 45.9 Å². The van der Waals surface area contributed by atoms with E-state index >= 15 is 0 Å². The van der Waals surface area contributed by atoms with Gasteiger partial charge in [-0.15, -0.1) is 22.7 Å². The van der Waals surface area contributed by atoms with E-state index in [9.17, 15) is 19.8 Å². The Morgan fingerprint density at radius 3 is 2.33 bits per heavy atom. The molecule has 10 heteroatoms. The maximum Gasteiger partial charge on any atom is 2.00 e. The van der Waals surface area contributed by atoms with Gasteiger partial charge >= 0.3 is 35.0 Å². The van der Waals surface area contributed by atoms with Crippen LogP contribution in [0, 0.1) is 56.4 Å². The number of esters is 1. The Kier molecular flexibility index (Phi) is 8.94. The summed E-state index contributed by atoms with van der Waals surface area (Å²) in [6.45, 7) is 16.1. The summed E-state index contributed by atoms with van der Waals surface area (Å²) in [5.74, 6) is -3.05. The summed E-state index contributed by atoms with van der Waals surface area (Å²) >= 11 is 0. The van der Waals surface area contributed by atoms with Crippen LogP contribution in [0.15, 0.2) is 17.1 Å². The first kappa shape index (κ1) is 32.8. The number of hydrogen-bond donors (Lipinski definition) is 2. The van der Waals surface area contributed by atoms with Crippen molar-refractivity contribution in [2.45, 2.75) is 53.5 Å². The van der Waals surface area contributed by atoms with Gasteiger partial charge in [0.15, 0.2) is 0 Å². The van der Waals surface area contributed by atoms with Gasteiger partial charge in [0.1, 0.15) is 11.7 Å². The van der Waals surface area contributed by atoms with Gasteiger partial charge in [-0.1, -0.05) is 56.0 Å². The standard InChI is InChI=1S/C35H36N4O5.Mg/c1-8-19-15(3)22-12-24-17(5)21(10-11-28(40)41)32(38-24)30-31(35(43)44-7)34(42)29-18(6)25(39-33(29)30)14-27-20(9-2)16(4)23(37-27)13-26(19)36-22;/h1,8-9,12-14,16-17,20-21,31-32,42H,10-11H2,2-7H3,(H,40,41);/q-6;+2/b23-13-,24-12-,27-14-;/t16-,17+,20?,21+,31-,32-;/m1./s1. The Morgan fingerprint density at radius 2 is 1.69 bits per heavy atom. The summed E-state index contributed by atoms with van der Waals surface area (Å²) in [5, 5.41) is 32.3. The third kappa shape index (κ3) is 5.15. The number of fused-ring (bicyclic) bond motifs is 8. The summed E-state index contributed by atoms with van der Waals surface area (Å²) in [6, 6.07) is -0.611. The molecule has 3 aliphatic heterocycles. The predicted octanol–water partition coefficient (Wildman–Crippen LogP) is 4.38. The monoisotopic (exact) mass is 616 g/mol. The van der Waals surface area contributed by atoms with E-state index < -0.39 is 23.9 Å².